The molecule has 0 aromatic heterocycles. The van der Waals surface area contributed by atoms with Crippen molar-refractivity contribution in [3.63, 3.8) is 0 Å². The molecule has 0 heterocycles. The van der Waals surface area contributed by atoms with Crippen molar-refractivity contribution in [1.29, 1.82) is 0 Å². The first kappa shape index (κ1) is 30.4. The van der Waals surface area contributed by atoms with Gasteiger partial charge in [-0.15, -0.1) is 0 Å². The monoisotopic (exact) mass is 538 g/mol. The summed E-state index contributed by atoms with van der Waals surface area (Å²) in [6.45, 7) is 14.8. The van der Waals surface area contributed by atoms with E-state index in [2.05, 4.69) is 13.8 Å². The number of rotatable bonds is 9. The molecule has 1 saturated carbocycles. The van der Waals surface area contributed by atoms with Crippen molar-refractivity contribution in [3.05, 3.63) is 34.9 Å². The molecule has 3 aliphatic rings. The number of alkyl halides is 3. The van der Waals surface area contributed by atoms with Gasteiger partial charge < -0.3 is 14.9 Å². The second-order valence-electron chi connectivity index (χ2n) is 13.5. The molecule has 38 heavy (non-hydrogen) atoms. The largest absolute Gasteiger partial charge is 0.507 e. The van der Waals surface area contributed by atoms with Crippen LogP contribution >= 0.6 is 0 Å². The Hall–Kier alpha value is -2.18. The number of carbonyl (C=O) groups excluding carboxylic acids is 1. The van der Waals surface area contributed by atoms with Crippen molar-refractivity contribution in [2.75, 3.05) is 6.61 Å². The molecule has 0 aliphatic heterocycles. The summed E-state index contributed by atoms with van der Waals surface area (Å²) in [5, 5.41) is 22.3. The molecule has 3 aliphatic carbocycles. The zero-order valence-corrected chi connectivity index (χ0v) is 24.1. The number of phenols is 2. The summed E-state index contributed by atoms with van der Waals surface area (Å²) in [4.78, 5) is 12.4. The summed E-state index contributed by atoms with van der Waals surface area (Å²) in [5.74, 6) is -2.26. The number of halogens is 3. The Balaban J connectivity index is 1.96. The second-order valence-corrected chi connectivity index (χ2v) is 13.5. The highest BCUT2D eigenvalue weighted by Crippen LogP contribution is 2.65. The van der Waals surface area contributed by atoms with Gasteiger partial charge in [0.05, 0.1) is 11.3 Å². The number of benzene rings is 1. The molecule has 4 rings (SSSR count). The third kappa shape index (κ3) is 5.72. The van der Waals surface area contributed by atoms with Crippen molar-refractivity contribution >= 4 is 5.97 Å². The van der Waals surface area contributed by atoms with Gasteiger partial charge >= 0.3 is 12.1 Å². The van der Waals surface area contributed by atoms with Gasteiger partial charge in [0.15, 0.2) is 0 Å². The number of hydrogen-bond donors (Lipinski definition) is 2. The average Bonchev–Trinajstić information content (AvgIpc) is 2.77. The van der Waals surface area contributed by atoms with Crippen LogP contribution in [-0.4, -0.2) is 29.0 Å². The standard InChI is InChI=1S/C31H45F3O4/c1-9-10-11-12-25(31(32,33)34)29(5,6)19-14-23(35)26(24(36)15-19)20-13-18(17-38-27(37)28(2,3)4)21-16-22(20)30(21,7)8/h13-15,20-22,25,35-36H,9-12,16-17H2,1-8H3/t20-,21+,22-,25+/m0/s1. The minimum atomic E-state index is -4.41. The van der Waals surface area contributed by atoms with E-state index in [1.54, 1.807) is 20.8 Å². The molecule has 1 aromatic carbocycles. The number of unbranched alkanes of at least 4 members (excludes halogenated alkanes) is 2. The molecule has 4 atom stereocenters. The zero-order valence-electron chi connectivity index (χ0n) is 24.1. The average molecular weight is 539 g/mol. The van der Waals surface area contributed by atoms with Crippen molar-refractivity contribution < 1.29 is 32.9 Å². The first-order valence-electron chi connectivity index (χ1n) is 13.8. The molecule has 0 saturated heterocycles. The molecule has 0 radical (unpaired) electrons. The van der Waals surface area contributed by atoms with E-state index < -0.39 is 22.9 Å². The molecule has 0 spiro atoms. The van der Waals surface area contributed by atoms with Crippen LogP contribution in [0.2, 0.25) is 0 Å². The molecular weight excluding hydrogens is 493 g/mol. The molecule has 0 amide bonds. The molecule has 1 fully saturated rings. The Kier molecular flexibility index (Phi) is 8.33. The molecule has 1 aromatic rings. The lowest BCUT2D eigenvalue weighted by Gasteiger charge is -2.59. The summed E-state index contributed by atoms with van der Waals surface area (Å²) in [7, 11) is 0. The van der Waals surface area contributed by atoms with E-state index in [1.807, 2.05) is 13.0 Å². The lowest BCUT2D eigenvalue weighted by atomic mass is 9.45. The predicted molar refractivity (Wildman–Crippen MR) is 143 cm³/mol. The maximum Gasteiger partial charge on any atom is 0.392 e. The van der Waals surface area contributed by atoms with Gasteiger partial charge in [0.1, 0.15) is 18.1 Å². The number of phenolic OH excluding ortho intramolecular Hbond substituents is 2. The maximum atomic E-state index is 14.1. The first-order chi connectivity index (χ1) is 17.3. The third-order valence-electron chi connectivity index (χ3n) is 9.18. The fraction of sp³-hybridized carbons (Fsp3) is 0.710. The molecule has 214 valence electrons. The Morgan fingerprint density at radius 2 is 1.66 bits per heavy atom. The van der Waals surface area contributed by atoms with Crippen LogP contribution in [0.4, 0.5) is 13.2 Å². The fourth-order valence-corrected chi connectivity index (χ4v) is 6.53. The van der Waals surface area contributed by atoms with Crippen LogP contribution in [0, 0.1) is 28.6 Å². The Bertz CT molecular complexity index is 1040. The molecule has 4 nitrogen and oxygen atoms in total. The van der Waals surface area contributed by atoms with Gasteiger partial charge in [-0.2, -0.15) is 13.2 Å². The summed E-state index contributed by atoms with van der Waals surface area (Å²) in [6.07, 6.45) is 0.404. The molecule has 7 heteroatoms. The van der Waals surface area contributed by atoms with Crippen LogP contribution in [0.25, 0.3) is 0 Å². The smallest absolute Gasteiger partial charge is 0.392 e. The number of fused-ring (bicyclic) bond motifs is 1. The number of hydrogen-bond acceptors (Lipinski definition) is 4. The van der Waals surface area contributed by atoms with E-state index in [1.165, 1.54) is 26.0 Å². The number of esters is 1. The topological polar surface area (TPSA) is 66.8 Å². The Morgan fingerprint density at radius 1 is 1.08 bits per heavy atom. The normalized spacial score (nSPS) is 23.9. The quantitative estimate of drug-likeness (QED) is 0.188. The van der Waals surface area contributed by atoms with Crippen molar-refractivity contribution in [2.24, 2.45) is 28.6 Å². The van der Waals surface area contributed by atoms with Crippen LogP contribution in [-0.2, 0) is 14.9 Å². The SMILES string of the molecule is CCCCC[C@@H](C(F)(F)F)C(C)(C)c1cc(O)c([C@H]2C=C(COC(=O)C(C)(C)C)[C@H]3C[C@@H]2C3(C)C)c(O)c1. The van der Waals surface area contributed by atoms with Crippen LogP contribution in [0.1, 0.15) is 105 Å². The van der Waals surface area contributed by atoms with Gasteiger partial charge in [0, 0.05) is 16.9 Å². The lowest BCUT2D eigenvalue weighted by molar-refractivity contribution is -0.193. The number of ether oxygens (including phenoxy) is 1. The molecular formula is C31H45F3O4. The Labute approximate surface area is 225 Å². The van der Waals surface area contributed by atoms with Gasteiger partial charge in [-0.3, -0.25) is 4.79 Å². The van der Waals surface area contributed by atoms with Crippen molar-refractivity contribution in [3.8, 4) is 11.5 Å². The van der Waals surface area contributed by atoms with Crippen LogP contribution in [0.5, 0.6) is 11.5 Å². The highest BCUT2D eigenvalue weighted by Gasteiger charge is 2.56. The predicted octanol–water partition coefficient (Wildman–Crippen LogP) is 8.41. The molecule has 0 unspecified atom stereocenters. The minimum absolute atomic E-state index is 0.00667. The van der Waals surface area contributed by atoms with Crippen molar-refractivity contribution in [2.45, 2.75) is 105 Å². The van der Waals surface area contributed by atoms with E-state index in [4.69, 9.17) is 4.74 Å². The van der Waals surface area contributed by atoms with Gasteiger partial charge in [0.2, 0.25) is 0 Å². The summed E-state index contributed by atoms with van der Waals surface area (Å²) >= 11 is 0. The van der Waals surface area contributed by atoms with Gasteiger partial charge in [-0.1, -0.05) is 60.0 Å². The van der Waals surface area contributed by atoms with E-state index in [-0.39, 0.29) is 59.2 Å². The lowest BCUT2D eigenvalue weighted by Crippen LogP contribution is -2.52. The van der Waals surface area contributed by atoms with Crippen LogP contribution in [0.3, 0.4) is 0 Å². The Morgan fingerprint density at radius 3 is 2.13 bits per heavy atom. The van der Waals surface area contributed by atoms with Crippen molar-refractivity contribution in [1.82, 2.24) is 0 Å². The number of aromatic hydroxyl groups is 2. The number of carbonyl (C=O) groups is 1. The van der Waals surface area contributed by atoms with E-state index in [9.17, 15) is 28.2 Å². The zero-order chi connectivity index (χ0) is 28.8. The minimum Gasteiger partial charge on any atom is -0.507 e. The van der Waals surface area contributed by atoms with E-state index >= 15 is 0 Å². The first-order valence-corrected chi connectivity index (χ1v) is 13.8. The van der Waals surface area contributed by atoms with E-state index in [0.717, 1.165) is 24.8 Å². The summed E-state index contributed by atoms with van der Waals surface area (Å²) in [5.41, 5.74) is -0.558. The molecule has 2 N–H and O–H groups in total. The summed E-state index contributed by atoms with van der Waals surface area (Å²) in [6, 6.07) is 2.80. The number of allylic oxidation sites excluding steroid dienone is 1. The highest BCUT2D eigenvalue weighted by atomic mass is 19.4. The van der Waals surface area contributed by atoms with Gasteiger partial charge in [-0.25, -0.2) is 0 Å². The second kappa shape index (κ2) is 10.4. The fourth-order valence-electron chi connectivity index (χ4n) is 6.53. The van der Waals surface area contributed by atoms with Gasteiger partial charge in [0.25, 0.3) is 0 Å². The highest BCUT2D eigenvalue weighted by molar-refractivity contribution is 5.75. The molecule has 2 bridgehead atoms. The van der Waals surface area contributed by atoms with E-state index in [0.29, 0.717) is 12.0 Å². The summed E-state index contributed by atoms with van der Waals surface area (Å²) < 4.78 is 48.0. The maximum absolute atomic E-state index is 14.1. The third-order valence-corrected chi connectivity index (χ3v) is 9.18. The van der Waals surface area contributed by atoms with Crippen LogP contribution < -0.4 is 0 Å². The van der Waals surface area contributed by atoms with Gasteiger partial charge in [-0.05, 0) is 74.1 Å². The van der Waals surface area contributed by atoms with Crippen LogP contribution in [0.15, 0.2) is 23.8 Å².